The van der Waals surface area contributed by atoms with Crippen LogP contribution in [0.2, 0.25) is 0 Å². The normalized spacial score (nSPS) is 15.6. The fourth-order valence-electron chi connectivity index (χ4n) is 4.33. The van der Waals surface area contributed by atoms with Gasteiger partial charge in [-0.15, -0.1) is 0 Å². The highest BCUT2D eigenvalue weighted by atomic mass is 16.5. The molecule has 8 nitrogen and oxygen atoms in total. The van der Waals surface area contributed by atoms with E-state index in [1.165, 1.54) is 0 Å². The molecule has 1 amide bonds. The first-order valence-corrected chi connectivity index (χ1v) is 10.5. The number of carbonyl (C=O) groups is 1. The number of amides is 1. The van der Waals surface area contributed by atoms with Gasteiger partial charge in [0.1, 0.15) is 11.4 Å². The average molecular weight is 433 g/mol. The Morgan fingerprint density at radius 1 is 1.16 bits per heavy atom. The van der Waals surface area contributed by atoms with E-state index in [9.17, 15) is 4.79 Å². The van der Waals surface area contributed by atoms with Crippen molar-refractivity contribution in [2.75, 3.05) is 20.3 Å². The summed E-state index contributed by atoms with van der Waals surface area (Å²) in [4.78, 5) is 18.2. The number of nitrogens with zero attached hydrogens (tertiary/aromatic N) is 2. The first-order chi connectivity index (χ1) is 15.6. The van der Waals surface area contributed by atoms with Gasteiger partial charge in [0.2, 0.25) is 0 Å². The molecule has 0 aliphatic carbocycles. The predicted octanol–water partition coefficient (Wildman–Crippen LogP) is 4.24. The standard InChI is InChI=1S/C24H23N3O5/c1-15-21-16(14-18(20-8-5-11-31-20)25-23(21)32-27-15)22(28)26-24(9-12-30-13-10-24)17-6-3-4-7-19(17)29-2/h3-8,11,14H,9-10,12-13H2,1-2H3,(H,26,28). The summed E-state index contributed by atoms with van der Waals surface area (Å²) in [5.74, 6) is 1.02. The molecule has 0 atom stereocenters. The summed E-state index contributed by atoms with van der Waals surface area (Å²) >= 11 is 0. The molecule has 0 bridgehead atoms. The van der Waals surface area contributed by atoms with Crippen LogP contribution < -0.4 is 10.1 Å². The molecule has 8 heteroatoms. The van der Waals surface area contributed by atoms with E-state index in [2.05, 4.69) is 15.5 Å². The molecule has 0 spiro atoms. The van der Waals surface area contributed by atoms with Crippen LogP contribution in [-0.2, 0) is 10.3 Å². The number of aryl methyl sites for hydroxylation is 1. The summed E-state index contributed by atoms with van der Waals surface area (Å²) < 4.78 is 22.1. The van der Waals surface area contributed by atoms with Crippen LogP contribution in [0.15, 0.2) is 57.7 Å². The van der Waals surface area contributed by atoms with Crippen molar-refractivity contribution in [2.24, 2.45) is 0 Å². The minimum absolute atomic E-state index is 0.246. The lowest BCUT2D eigenvalue weighted by Gasteiger charge is -2.39. The Balaban J connectivity index is 1.61. The number of pyridine rings is 1. The Kier molecular flexibility index (Phi) is 5.14. The molecule has 1 aliphatic rings. The molecule has 1 aliphatic heterocycles. The van der Waals surface area contributed by atoms with Crippen molar-refractivity contribution in [3.8, 4) is 17.2 Å². The molecule has 1 aromatic carbocycles. The van der Waals surface area contributed by atoms with Crippen LogP contribution >= 0.6 is 0 Å². The number of nitrogens with one attached hydrogen (secondary N) is 1. The smallest absolute Gasteiger partial charge is 0.259 e. The van der Waals surface area contributed by atoms with Crippen molar-refractivity contribution in [2.45, 2.75) is 25.3 Å². The first-order valence-electron chi connectivity index (χ1n) is 10.5. The Bertz CT molecular complexity index is 1260. The van der Waals surface area contributed by atoms with Gasteiger partial charge in [-0.25, -0.2) is 4.98 Å². The number of ether oxygens (including phenoxy) is 2. The van der Waals surface area contributed by atoms with E-state index in [1.807, 2.05) is 24.3 Å². The molecule has 5 rings (SSSR count). The average Bonchev–Trinajstić information content (AvgIpc) is 3.49. The fraction of sp³-hybridized carbons (Fsp3) is 0.292. The third-order valence-corrected chi connectivity index (χ3v) is 5.96. The maximum Gasteiger partial charge on any atom is 0.259 e. The van der Waals surface area contributed by atoms with E-state index in [1.54, 1.807) is 38.5 Å². The minimum Gasteiger partial charge on any atom is -0.496 e. The van der Waals surface area contributed by atoms with Crippen molar-refractivity contribution in [3.05, 3.63) is 65.5 Å². The predicted molar refractivity (Wildman–Crippen MR) is 116 cm³/mol. The third kappa shape index (κ3) is 3.42. The van der Waals surface area contributed by atoms with Crippen LogP contribution in [0.5, 0.6) is 5.75 Å². The van der Waals surface area contributed by atoms with Gasteiger partial charge < -0.3 is 23.7 Å². The molecule has 4 heterocycles. The molecular formula is C24H23N3O5. The number of benzene rings is 1. The van der Waals surface area contributed by atoms with Gasteiger partial charge >= 0.3 is 0 Å². The number of para-hydroxylation sites is 1. The Morgan fingerprint density at radius 2 is 1.97 bits per heavy atom. The number of rotatable bonds is 5. The van der Waals surface area contributed by atoms with Gasteiger partial charge in [-0.3, -0.25) is 4.79 Å². The third-order valence-electron chi connectivity index (χ3n) is 5.96. The second-order valence-electron chi connectivity index (χ2n) is 7.83. The molecule has 4 aromatic rings. The zero-order valence-corrected chi connectivity index (χ0v) is 17.9. The highest BCUT2D eigenvalue weighted by Gasteiger charge is 2.39. The van der Waals surface area contributed by atoms with E-state index in [0.29, 0.717) is 59.9 Å². The van der Waals surface area contributed by atoms with E-state index in [4.69, 9.17) is 18.4 Å². The highest BCUT2D eigenvalue weighted by Crippen LogP contribution is 2.38. The summed E-state index contributed by atoms with van der Waals surface area (Å²) in [6.07, 6.45) is 2.81. The number of hydrogen-bond acceptors (Lipinski definition) is 7. The zero-order valence-electron chi connectivity index (χ0n) is 17.9. The largest absolute Gasteiger partial charge is 0.496 e. The molecule has 1 N–H and O–H groups in total. The van der Waals surface area contributed by atoms with Gasteiger partial charge in [-0.2, -0.15) is 0 Å². The number of carbonyl (C=O) groups excluding carboxylic acids is 1. The van der Waals surface area contributed by atoms with E-state index in [-0.39, 0.29) is 5.91 Å². The maximum absolute atomic E-state index is 13.8. The Labute approximate surface area is 184 Å². The number of aromatic nitrogens is 2. The second kappa shape index (κ2) is 8.12. The lowest BCUT2D eigenvalue weighted by molar-refractivity contribution is 0.0338. The molecule has 32 heavy (non-hydrogen) atoms. The van der Waals surface area contributed by atoms with Crippen molar-refractivity contribution < 1.29 is 23.2 Å². The van der Waals surface area contributed by atoms with E-state index in [0.717, 1.165) is 11.3 Å². The van der Waals surface area contributed by atoms with E-state index >= 15 is 0 Å². The lowest BCUT2D eigenvalue weighted by Crippen LogP contribution is -2.49. The quantitative estimate of drug-likeness (QED) is 0.503. The summed E-state index contributed by atoms with van der Waals surface area (Å²) in [5.41, 5.74) is 2.12. The Hall–Kier alpha value is -3.65. The van der Waals surface area contributed by atoms with Crippen LogP contribution in [-0.4, -0.2) is 36.4 Å². The molecule has 0 saturated carbocycles. The molecule has 1 saturated heterocycles. The molecular weight excluding hydrogens is 410 g/mol. The van der Waals surface area contributed by atoms with Gasteiger partial charge in [0, 0.05) is 18.8 Å². The maximum atomic E-state index is 13.8. The van der Waals surface area contributed by atoms with Gasteiger partial charge in [0.15, 0.2) is 5.76 Å². The molecule has 164 valence electrons. The zero-order chi connectivity index (χ0) is 22.1. The van der Waals surface area contributed by atoms with Gasteiger partial charge in [-0.1, -0.05) is 23.4 Å². The van der Waals surface area contributed by atoms with Crippen molar-refractivity contribution in [1.29, 1.82) is 0 Å². The van der Waals surface area contributed by atoms with Crippen LogP contribution in [0, 0.1) is 6.92 Å². The number of methoxy groups -OCH3 is 1. The monoisotopic (exact) mass is 433 g/mol. The summed E-state index contributed by atoms with van der Waals surface area (Å²) in [6.45, 7) is 2.86. The minimum atomic E-state index is -0.632. The number of fused-ring (bicyclic) bond motifs is 1. The van der Waals surface area contributed by atoms with Gasteiger partial charge in [-0.05, 0) is 44.0 Å². The van der Waals surface area contributed by atoms with Crippen molar-refractivity contribution >= 4 is 17.0 Å². The first kappa shape index (κ1) is 20.3. The molecule has 3 aromatic heterocycles. The molecule has 0 radical (unpaired) electrons. The summed E-state index contributed by atoms with van der Waals surface area (Å²) in [7, 11) is 1.64. The van der Waals surface area contributed by atoms with Crippen molar-refractivity contribution in [1.82, 2.24) is 15.5 Å². The van der Waals surface area contributed by atoms with Crippen LogP contribution in [0.4, 0.5) is 0 Å². The van der Waals surface area contributed by atoms with Gasteiger partial charge in [0.25, 0.3) is 11.6 Å². The molecule has 1 fully saturated rings. The SMILES string of the molecule is COc1ccccc1C1(NC(=O)c2cc(-c3ccco3)nc3onc(C)c23)CCOCC1. The topological polar surface area (TPSA) is 99.6 Å². The van der Waals surface area contributed by atoms with Crippen LogP contribution in [0.25, 0.3) is 22.6 Å². The summed E-state index contributed by atoms with van der Waals surface area (Å²) in [5, 5.41) is 7.90. The second-order valence-corrected chi connectivity index (χ2v) is 7.83. The van der Waals surface area contributed by atoms with Crippen LogP contribution in [0.3, 0.4) is 0 Å². The Morgan fingerprint density at radius 3 is 2.72 bits per heavy atom. The van der Waals surface area contributed by atoms with Gasteiger partial charge in [0.05, 0.1) is 35.6 Å². The number of furan rings is 1. The lowest BCUT2D eigenvalue weighted by atomic mass is 9.81. The van der Waals surface area contributed by atoms with E-state index < -0.39 is 5.54 Å². The number of hydrogen-bond donors (Lipinski definition) is 1. The fourth-order valence-corrected chi connectivity index (χ4v) is 4.33. The summed E-state index contributed by atoms with van der Waals surface area (Å²) in [6, 6.07) is 13.0. The van der Waals surface area contributed by atoms with Crippen molar-refractivity contribution in [3.63, 3.8) is 0 Å². The highest BCUT2D eigenvalue weighted by molar-refractivity contribution is 6.07. The molecule has 0 unspecified atom stereocenters. The van der Waals surface area contributed by atoms with Crippen LogP contribution in [0.1, 0.15) is 34.5 Å².